The number of hydrogen-bond donors (Lipinski definition) is 1. The molecule has 10 aromatic carbocycles. The number of benzene rings is 10. The molecule has 0 aliphatic rings. The Morgan fingerprint density at radius 2 is 0.787 bits per heavy atom. The van der Waals surface area contributed by atoms with Crippen molar-refractivity contribution in [3.8, 4) is 5.95 Å². The minimum atomic E-state index is 0. The summed E-state index contributed by atoms with van der Waals surface area (Å²) >= 11 is 5.55. The molecule has 0 aliphatic carbocycles. The second-order valence-corrected chi connectivity index (χ2v) is 17.3. The predicted octanol–water partition coefficient (Wildman–Crippen LogP) is 24.5. The molecule has 1 N–H and O–H groups in total. The first-order valence-corrected chi connectivity index (χ1v) is 31.2. The molecule has 14 aromatic rings. The van der Waals surface area contributed by atoms with Crippen molar-refractivity contribution in [1.82, 2.24) is 29.5 Å². The van der Waals surface area contributed by atoms with Crippen molar-refractivity contribution in [3.05, 3.63) is 259 Å². The third-order valence-corrected chi connectivity index (χ3v) is 12.9. The number of H-pyrrole nitrogens is 1. The van der Waals surface area contributed by atoms with Crippen LogP contribution in [0.3, 0.4) is 0 Å². The first kappa shape index (κ1) is 82.5. The molecular weight excluding hydrogens is 1260 g/mol. The Hall–Kier alpha value is -6.50. The largest absolute Gasteiger partial charge is 0.359 e. The second-order valence-electron chi connectivity index (χ2n) is 17.0. The molecule has 6 nitrogen and oxygen atoms in total. The van der Waals surface area contributed by atoms with Gasteiger partial charge in [0.25, 0.3) is 0 Å². The van der Waals surface area contributed by atoms with Gasteiger partial charge < -0.3 is 29.5 Å². The van der Waals surface area contributed by atoms with Crippen LogP contribution in [0, 0.1) is 24.5 Å². The summed E-state index contributed by atoms with van der Waals surface area (Å²) in [5, 5.41) is 15.3. The van der Waals surface area contributed by atoms with Crippen LogP contribution in [0.25, 0.3) is 92.6 Å². The molecule has 9 heteroatoms. The van der Waals surface area contributed by atoms with Crippen LogP contribution in [0.1, 0.15) is 148 Å². The molecule has 462 valence electrons. The van der Waals surface area contributed by atoms with E-state index in [2.05, 4.69) is 196 Å². The molecule has 0 aliphatic heterocycles. The number of nitrogens with one attached hydrogen (secondary N) is 1. The van der Waals surface area contributed by atoms with Gasteiger partial charge in [0, 0.05) is 109 Å². The predicted molar refractivity (Wildman–Crippen MR) is 387 cm³/mol. The van der Waals surface area contributed by atoms with Crippen LogP contribution in [0.4, 0.5) is 0 Å². The molecule has 4 aromatic heterocycles. The number of halogens is 1. The molecule has 0 saturated carbocycles. The zero-order valence-corrected chi connectivity index (χ0v) is 60.7. The summed E-state index contributed by atoms with van der Waals surface area (Å²) in [6, 6.07) is 74.0. The summed E-state index contributed by atoms with van der Waals surface area (Å²) in [5.74, 6) is 0.632. The minimum Gasteiger partial charge on any atom is -0.359 e. The maximum atomic E-state index is 5.55. The number of hydrogen-bond acceptors (Lipinski definition) is 4. The van der Waals surface area contributed by atoms with Gasteiger partial charge in [-0.15, -0.1) is 22.7 Å². The molecule has 0 spiro atoms. The average Bonchev–Trinajstić information content (AvgIpc) is 1.60. The van der Waals surface area contributed by atoms with Crippen molar-refractivity contribution < 1.29 is 65.4 Å². The van der Waals surface area contributed by atoms with Gasteiger partial charge in [-0.3, -0.25) is 0 Å². The number of rotatable bonds is 5. The van der Waals surface area contributed by atoms with Crippen LogP contribution in [-0.4, -0.2) is 29.5 Å². The van der Waals surface area contributed by atoms with Crippen molar-refractivity contribution in [3.63, 3.8) is 0 Å². The van der Waals surface area contributed by atoms with Crippen LogP contribution in [0.15, 0.2) is 207 Å². The van der Waals surface area contributed by atoms with E-state index in [1.54, 1.807) is 6.20 Å². The maximum Gasteiger partial charge on any atom is 0.118 e. The molecule has 0 fully saturated rings. The van der Waals surface area contributed by atoms with Crippen LogP contribution >= 0.6 is 11.6 Å². The molecule has 0 saturated heterocycles. The van der Waals surface area contributed by atoms with E-state index in [1.165, 1.54) is 75.7 Å². The number of nitrogens with zero attached hydrogens (tertiary/aromatic N) is 5. The van der Waals surface area contributed by atoms with E-state index in [1.807, 2.05) is 159 Å². The van der Waals surface area contributed by atoms with Crippen LogP contribution in [0.5, 0.6) is 0 Å². The zero-order valence-electron chi connectivity index (χ0n) is 54.3. The first-order valence-electron chi connectivity index (χ1n) is 30.8. The van der Waals surface area contributed by atoms with Gasteiger partial charge in [0.2, 0.25) is 0 Å². The van der Waals surface area contributed by atoms with E-state index in [4.69, 9.17) is 21.6 Å². The average molecular weight is 1350 g/mol. The van der Waals surface area contributed by atoms with E-state index in [-0.39, 0.29) is 85.6 Å². The van der Waals surface area contributed by atoms with Gasteiger partial charge in [0.05, 0.1) is 11.0 Å². The van der Waals surface area contributed by atoms with Crippen molar-refractivity contribution in [1.29, 1.82) is 0 Å². The first-order chi connectivity index (χ1) is 42.1. The smallest absolute Gasteiger partial charge is 0.118 e. The van der Waals surface area contributed by atoms with Gasteiger partial charge in [0.15, 0.2) is 0 Å². The Morgan fingerprint density at radius 1 is 0.382 bits per heavy atom. The van der Waals surface area contributed by atoms with E-state index >= 15 is 0 Å². The van der Waals surface area contributed by atoms with E-state index in [9.17, 15) is 0 Å². The van der Waals surface area contributed by atoms with Gasteiger partial charge in [0.1, 0.15) is 11.2 Å². The third kappa shape index (κ3) is 20.8. The summed E-state index contributed by atoms with van der Waals surface area (Å²) in [4.78, 5) is 20.8. The summed E-state index contributed by atoms with van der Waals surface area (Å²) in [7, 11) is 0. The van der Waals surface area contributed by atoms with Crippen molar-refractivity contribution in [2.45, 2.75) is 138 Å². The maximum absolute atomic E-state index is 5.55. The Bertz CT molecular complexity index is 4140. The molecule has 0 atom stereocenters. The fraction of sp³-hybridized carbons (Fsp3) is 0.250. The standard InChI is InChI=1S/C31H19N3.C20H13N.C11H7ClN2.8C2H6.2CH4.2Y/c1-2-8-21(9-3-1)18-22-19-32-31(33-20-22)34-28-17-15-23-10-4-6-12-25(23)29(28)27-16-14-24-11-5-7-13-26(24)30(27)34;1-3-7-15-13(5-1)10-12-18-19(15)17-11-9-14-6-2-4-8-16(14)20(17)21-18;12-11-13-7-10(8-14-11)6-9-4-2-1-3-5-9;8*1-2;;;;/h1-8,10-17,19H,18H2;1-12,21H;1-4,7H,6H2;8*1-2H3;2*1H4;;/q-2;;-2;;;;;;;;;;;;. The van der Waals surface area contributed by atoms with Gasteiger partial charge in [-0.1, -0.05) is 284 Å². The summed E-state index contributed by atoms with van der Waals surface area (Å²) in [5.41, 5.74) is 8.72. The SMILES string of the molecule is C.C.CC.CC.CC.CC.CC.CC.CC.CC.Clc1n[c-]c(Cc2[c-]cccc2)cn1.[Y].[Y].[c-]1ccccc1Cc1[c-]nc(-n2c3ccc4ccccc4c3c3ccc4ccccc4c32)nc1.c1ccc2c(c1)ccc1c2[nH]c2ccc3ccccc3c21. The molecule has 2 radical (unpaired) electrons. The van der Waals surface area contributed by atoms with Crippen molar-refractivity contribution in [2.75, 3.05) is 0 Å². The van der Waals surface area contributed by atoms with Gasteiger partial charge in [-0.25, -0.2) is 0 Å². The third-order valence-electron chi connectivity index (χ3n) is 12.7. The topological polar surface area (TPSA) is 72.3 Å². The second kappa shape index (κ2) is 45.7. The minimum absolute atomic E-state index is 0. The molecule has 0 amide bonds. The molecule has 4 heterocycles. The normalized spacial score (nSPS) is 9.36. The van der Waals surface area contributed by atoms with Crippen LogP contribution in [0.2, 0.25) is 5.28 Å². The molecule has 89 heavy (non-hydrogen) atoms. The van der Waals surface area contributed by atoms with Crippen molar-refractivity contribution >= 4 is 98.3 Å². The number of fused-ring (bicyclic) bond motifs is 14. The Morgan fingerprint density at radius 3 is 1.26 bits per heavy atom. The Kier molecular flexibility index (Phi) is 42.4. The van der Waals surface area contributed by atoms with E-state index < -0.39 is 0 Å². The molecule has 14 rings (SSSR count). The number of aromatic nitrogens is 6. The van der Waals surface area contributed by atoms with E-state index in [0.717, 1.165) is 39.7 Å². The molecule has 0 unspecified atom stereocenters. The number of aromatic amines is 1. The fourth-order valence-electron chi connectivity index (χ4n) is 9.56. The van der Waals surface area contributed by atoms with Crippen LogP contribution < -0.4 is 0 Å². The van der Waals surface area contributed by atoms with Crippen molar-refractivity contribution in [2.24, 2.45) is 0 Å². The van der Waals surface area contributed by atoms with Gasteiger partial charge in [-0.05, 0) is 57.3 Å². The van der Waals surface area contributed by atoms with Gasteiger partial charge in [-0.2, -0.15) is 71.8 Å². The Balaban J connectivity index is 0.00000122. The summed E-state index contributed by atoms with van der Waals surface area (Å²) < 4.78 is 2.19. The summed E-state index contributed by atoms with van der Waals surface area (Å²) in [6.07, 6.45) is 11.1. The van der Waals surface area contributed by atoms with Gasteiger partial charge >= 0.3 is 0 Å². The summed E-state index contributed by atoms with van der Waals surface area (Å²) in [6.45, 7) is 32.0. The fourth-order valence-corrected chi connectivity index (χ4v) is 9.65. The quantitative estimate of drug-likeness (QED) is 0.138. The molecular formula is C80H95ClN6Y2-4. The van der Waals surface area contributed by atoms with E-state index in [0.29, 0.717) is 12.4 Å². The van der Waals surface area contributed by atoms with Crippen LogP contribution in [-0.2, 0) is 78.3 Å². The monoisotopic (exact) mass is 1350 g/mol. The zero-order chi connectivity index (χ0) is 62.1. The molecule has 0 bridgehead atoms. The Labute approximate surface area is 590 Å².